The molecular formula is C39H47Cl3N6O6. The van der Waals surface area contributed by atoms with Gasteiger partial charge in [0, 0.05) is 55.4 Å². The smallest absolute Gasteiger partial charge is 0.410 e. The number of nitrogens with two attached hydrogens (primary N) is 1. The van der Waals surface area contributed by atoms with E-state index < -0.39 is 5.60 Å². The number of hydrogen-bond donors (Lipinski definition) is 4. The average molecular weight is 802 g/mol. The molecule has 0 radical (unpaired) electrons. The van der Waals surface area contributed by atoms with Gasteiger partial charge in [-0.3, -0.25) is 4.98 Å². The highest BCUT2D eigenvalue weighted by atomic mass is 35.5. The number of likely N-dealkylation sites (tertiary alicyclic amines) is 1. The number of piperidine rings is 2. The number of anilines is 3. The Kier molecular flexibility index (Phi) is 15.7. The third-order valence-corrected chi connectivity index (χ3v) is 8.70. The summed E-state index contributed by atoms with van der Waals surface area (Å²) in [5.41, 5.74) is 7.02. The maximum Gasteiger partial charge on any atom is 0.410 e. The molecule has 5 N–H and O–H groups in total. The van der Waals surface area contributed by atoms with Gasteiger partial charge in [0.25, 0.3) is 0 Å². The summed E-state index contributed by atoms with van der Waals surface area (Å²) in [6, 6.07) is 20.7. The Morgan fingerprint density at radius 2 is 1.31 bits per heavy atom. The van der Waals surface area contributed by atoms with Gasteiger partial charge in [0.2, 0.25) is 0 Å². The molecule has 0 aliphatic carbocycles. The molecule has 3 heterocycles. The summed E-state index contributed by atoms with van der Waals surface area (Å²) in [6.07, 6.45) is 6.65. The summed E-state index contributed by atoms with van der Waals surface area (Å²) in [7, 11) is 0. The lowest BCUT2D eigenvalue weighted by Crippen LogP contribution is -2.44. The monoisotopic (exact) mass is 800 g/mol. The number of aromatic nitrogens is 1. The summed E-state index contributed by atoms with van der Waals surface area (Å²) in [6.45, 7) is 8.72. The van der Waals surface area contributed by atoms with Crippen LogP contribution in [-0.4, -0.2) is 66.0 Å². The van der Waals surface area contributed by atoms with Crippen LogP contribution in [0.25, 0.3) is 0 Å². The molecule has 0 atom stereocenters. The predicted octanol–water partition coefficient (Wildman–Crippen LogP) is 9.42. The van der Waals surface area contributed by atoms with Crippen LogP contribution in [0.3, 0.4) is 0 Å². The van der Waals surface area contributed by atoms with Gasteiger partial charge in [-0.1, -0.05) is 23.2 Å². The molecule has 0 bridgehead atoms. The minimum absolute atomic E-state index is 0. The number of nitrogens with zero attached hydrogens (tertiary/aromatic N) is 2. The number of urea groups is 1. The largest absolute Gasteiger partial charge is 0.489 e. The van der Waals surface area contributed by atoms with E-state index in [9.17, 15) is 9.59 Å². The predicted molar refractivity (Wildman–Crippen MR) is 216 cm³/mol. The van der Waals surface area contributed by atoms with Crippen molar-refractivity contribution in [2.75, 3.05) is 42.5 Å². The van der Waals surface area contributed by atoms with Crippen molar-refractivity contribution in [3.63, 3.8) is 0 Å². The van der Waals surface area contributed by atoms with Crippen LogP contribution in [0, 0.1) is 0 Å². The lowest BCUT2D eigenvalue weighted by Gasteiger charge is -2.33. The molecule has 6 rings (SSSR count). The van der Waals surface area contributed by atoms with Crippen molar-refractivity contribution < 1.29 is 28.5 Å². The Labute approximate surface area is 332 Å². The molecule has 0 unspecified atom stereocenters. The van der Waals surface area contributed by atoms with Crippen LogP contribution in [0.1, 0.15) is 46.5 Å². The third kappa shape index (κ3) is 13.7. The van der Waals surface area contributed by atoms with Crippen molar-refractivity contribution >= 4 is 64.8 Å². The lowest BCUT2D eigenvalue weighted by molar-refractivity contribution is 0.0126. The van der Waals surface area contributed by atoms with E-state index in [1.807, 2.05) is 20.8 Å². The number of hydrogen-bond acceptors (Lipinski definition) is 9. The number of nitrogens with one attached hydrogen (secondary N) is 3. The highest BCUT2D eigenvalue weighted by Gasteiger charge is 2.28. The van der Waals surface area contributed by atoms with E-state index in [0.29, 0.717) is 63.2 Å². The summed E-state index contributed by atoms with van der Waals surface area (Å²) in [4.78, 5) is 30.0. The standard InChI is InChI=1S/C23H23ClN4O3.C16H23ClN2O3.ClH/c24-21-15-17(3-6-22(21)31-20-9-13-26-14-10-20)28-23(29)27-16-1-4-18(5-2-16)30-19-7-11-25-12-8-19;1-16(2,3)22-15(20)19-8-6-12(7-9-19)21-14-5-4-11(18)10-13(14)17;/h1-8,11-12,15,20,26H,9-10,13-14H2,(H2,27,28,29);4-5,10,12H,6-9,18H2,1-3H3;1H. The molecule has 2 aliphatic rings. The molecule has 4 aromatic rings. The summed E-state index contributed by atoms with van der Waals surface area (Å²) < 4.78 is 23.0. The molecule has 0 saturated carbocycles. The maximum atomic E-state index is 12.3. The molecule has 15 heteroatoms. The number of amides is 3. The van der Waals surface area contributed by atoms with Gasteiger partial charge < -0.3 is 45.5 Å². The molecule has 2 fully saturated rings. The first-order chi connectivity index (χ1) is 25.4. The van der Waals surface area contributed by atoms with Gasteiger partial charge in [-0.25, -0.2) is 9.59 Å². The highest BCUT2D eigenvalue weighted by Crippen LogP contribution is 2.31. The van der Waals surface area contributed by atoms with Crippen molar-refractivity contribution in [3.05, 3.63) is 95.2 Å². The van der Waals surface area contributed by atoms with Crippen LogP contribution < -0.4 is 35.9 Å². The minimum Gasteiger partial charge on any atom is -0.489 e. The van der Waals surface area contributed by atoms with E-state index in [1.54, 1.807) is 90.1 Å². The first kappa shape index (κ1) is 42.1. The Bertz CT molecular complexity index is 1800. The number of nitrogen functional groups attached to an aromatic ring is 1. The van der Waals surface area contributed by atoms with Gasteiger partial charge in [-0.05, 0) is 119 Å². The zero-order valence-corrected chi connectivity index (χ0v) is 32.8. The minimum atomic E-state index is -0.470. The topological polar surface area (TPSA) is 149 Å². The second-order valence-corrected chi connectivity index (χ2v) is 14.4. The van der Waals surface area contributed by atoms with Gasteiger partial charge >= 0.3 is 12.1 Å². The van der Waals surface area contributed by atoms with Crippen LogP contribution in [0.2, 0.25) is 10.0 Å². The lowest BCUT2D eigenvalue weighted by atomic mass is 10.1. The molecule has 2 aliphatic heterocycles. The molecular weight excluding hydrogens is 755 g/mol. The fraction of sp³-hybridized carbons (Fsp3) is 0.359. The third-order valence-electron chi connectivity index (χ3n) is 8.11. The molecule has 3 aromatic carbocycles. The number of rotatable bonds is 8. The van der Waals surface area contributed by atoms with Gasteiger partial charge in [-0.2, -0.15) is 0 Å². The molecule has 2 saturated heterocycles. The van der Waals surface area contributed by atoms with Crippen molar-refractivity contribution in [1.29, 1.82) is 0 Å². The summed E-state index contributed by atoms with van der Waals surface area (Å²) in [5.74, 6) is 2.61. The van der Waals surface area contributed by atoms with E-state index in [4.69, 9.17) is 47.9 Å². The Hall–Kier alpha value is -4.62. The van der Waals surface area contributed by atoms with Gasteiger partial charge in [0.15, 0.2) is 0 Å². The van der Waals surface area contributed by atoms with Crippen molar-refractivity contribution in [1.82, 2.24) is 15.2 Å². The molecule has 3 amide bonds. The first-order valence-electron chi connectivity index (χ1n) is 17.5. The van der Waals surface area contributed by atoms with Gasteiger partial charge in [0.05, 0.1) is 10.0 Å². The molecule has 54 heavy (non-hydrogen) atoms. The molecule has 0 spiro atoms. The van der Waals surface area contributed by atoms with E-state index >= 15 is 0 Å². The van der Waals surface area contributed by atoms with Crippen molar-refractivity contribution in [3.8, 4) is 23.0 Å². The maximum absolute atomic E-state index is 12.3. The zero-order valence-electron chi connectivity index (χ0n) is 30.5. The highest BCUT2D eigenvalue weighted by molar-refractivity contribution is 6.32. The number of halogens is 3. The second-order valence-electron chi connectivity index (χ2n) is 13.6. The fourth-order valence-corrected chi connectivity index (χ4v) is 5.94. The molecule has 290 valence electrons. The second kappa shape index (κ2) is 20.2. The van der Waals surface area contributed by atoms with E-state index in [1.165, 1.54) is 0 Å². The number of pyridine rings is 1. The van der Waals surface area contributed by atoms with Crippen LogP contribution >= 0.6 is 35.6 Å². The number of ether oxygens (including phenoxy) is 4. The molecule has 12 nitrogen and oxygen atoms in total. The van der Waals surface area contributed by atoms with Crippen LogP contribution in [0.4, 0.5) is 26.7 Å². The fourth-order valence-electron chi connectivity index (χ4n) is 5.48. The van der Waals surface area contributed by atoms with Crippen molar-refractivity contribution in [2.45, 2.75) is 64.3 Å². The van der Waals surface area contributed by atoms with E-state index in [-0.39, 0.29) is 36.7 Å². The van der Waals surface area contributed by atoms with Crippen LogP contribution in [0.5, 0.6) is 23.0 Å². The summed E-state index contributed by atoms with van der Waals surface area (Å²) in [5, 5.41) is 9.84. The Morgan fingerprint density at radius 3 is 1.91 bits per heavy atom. The van der Waals surface area contributed by atoms with Crippen LogP contribution in [-0.2, 0) is 4.74 Å². The Morgan fingerprint density at radius 1 is 0.778 bits per heavy atom. The summed E-state index contributed by atoms with van der Waals surface area (Å²) >= 11 is 12.5. The zero-order chi connectivity index (χ0) is 37.8. The average Bonchev–Trinajstić information content (AvgIpc) is 3.12. The first-order valence-corrected chi connectivity index (χ1v) is 18.3. The molecule has 1 aromatic heterocycles. The van der Waals surface area contributed by atoms with Crippen LogP contribution in [0.15, 0.2) is 85.2 Å². The van der Waals surface area contributed by atoms with E-state index in [0.717, 1.165) is 38.8 Å². The Balaban J connectivity index is 0.000000250. The number of carbonyl (C=O) groups excluding carboxylic acids is 2. The number of benzene rings is 3. The number of carbonyl (C=O) groups is 2. The van der Waals surface area contributed by atoms with Crippen molar-refractivity contribution in [2.24, 2.45) is 0 Å². The quantitative estimate of drug-likeness (QED) is 0.128. The normalized spacial score (nSPS) is 14.7. The SMILES string of the molecule is CC(C)(C)OC(=O)N1CCC(Oc2ccc(N)cc2Cl)CC1.Cl.O=C(Nc1ccc(Oc2ccncc2)cc1)Nc1ccc(OC2CCNCC2)c(Cl)c1. The van der Waals surface area contributed by atoms with Gasteiger partial charge in [-0.15, -0.1) is 12.4 Å². The van der Waals surface area contributed by atoms with Gasteiger partial charge in [0.1, 0.15) is 40.8 Å². The van der Waals surface area contributed by atoms with E-state index in [2.05, 4.69) is 20.9 Å².